The summed E-state index contributed by atoms with van der Waals surface area (Å²) in [7, 11) is 1.61. The summed E-state index contributed by atoms with van der Waals surface area (Å²) < 4.78 is 12.5. The molecule has 0 bridgehead atoms. The van der Waals surface area contributed by atoms with Crippen molar-refractivity contribution in [2.75, 3.05) is 12.4 Å². The number of anilines is 1. The van der Waals surface area contributed by atoms with Gasteiger partial charge in [-0.05, 0) is 42.3 Å². The maximum absolute atomic E-state index is 12.7. The second-order valence-corrected chi connectivity index (χ2v) is 7.16. The number of rotatable bonds is 5. The van der Waals surface area contributed by atoms with Crippen LogP contribution < -0.4 is 15.5 Å². The van der Waals surface area contributed by atoms with Crippen molar-refractivity contribution in [3.05, 3.63) is 86.9 Å². The second-order valence-electron chi connectivity index (χ2n) is 6.75. The lowest BCUT2D eigenvalue weighted by Crippen LogP contribution is -2.18. The minimum Gasteiger partial charge on any atom is -0.497 e. The highest BCUT2D eigenvalue weighted by molar-refractivity contribution is 6.32. The number of nitrogens with one attached hydrogen (secondary N) is 1. The van der Waals surface area contributed by atoms with Crippen molar-refractivity contribution in [1.82, 2.24) is 9.78 Å². The number of carbonyl (C=O) groups excluding carboxylic acids is 1. The van der Waals surface area contributed by atoms with Gasteiger partial charge in [0.15, 0.2) is 11.2 Å². The molecule has 30 heavy (non-hydrogen) atoms. The number of ether oxygens (including phenoxy) is 1. The lowest BCUT2D eigenvalue weighted by molar-refractivity contribution is 0.0996. The molecule has 8 heteroatoms. The van der Waals surface area contributed by atoms with Crippen LogP contribution >= 0.6 is 11.6 Å². The maximum Gasteiger partial charge on any atom is 0.292 e. The smallest absolute Gasteiger partial charge is 0.292 e. The van der Waals surface area contributed by atoms with Crippen LogP contribution in [0.15, 0.2) is 63.9 Å². The Morgan fingerprint density at radius 3 is 2.70 bits per heavy atom. The number of nitrogens with zero attached hydrogens (tertiary/aromatic N) is 2. The van der Waals surface area contributed by atoms with E-state index in [4.69, 9.17) is 20.8 Å². The van der Waals surface area contributed by atoms with E-state index in [9.17, 15) is 9.59 Å². The first kappa shape index (κ1) is 19.7. The zero-order valence-corrected chi connectivity index (χ0v) is 17.1. The van der Waals surface area contributed by atoms with Crippen LogP contribution in [0.5, 0.6) is 5.75 Å². The third-order valence-corrected chi connectivity index (χ3v) is 5.09. The summed E-state index contributed by atoms with van der Waals surface area (Å²) in [6, 6.07) is 13.6. The Balaban J connectivity index is 1.58. The Hall–Kier alpha value is -3.58. The first-order chi connectivity index (χ1) is 14.4. The molecule has 1 amide bonds. The van der Waals surface area contributed by atoms with Gasteiger partial charge in [-0.3, -0.25) is 9.59 Å². The quantitative estimate of drug-likeness (QED) is 0.518. The van der Waals surface area contributed by atoms with Crippen LogP contribution in [0, 0.1) is 6.92 Å². The molecule has 7 nitrogen and oxygen atoms in total. The average molecular weight is 424 g/mol. The molecule has 1 N–H and O–H groups in total. The molecule has 0 radical (unpaired) electrons. The predicted molar refractivity (Wildman–Crippen MR) is 115 cm³/mol. The minimum atomic E-state index is -0.543. The van der Waals surface area contributed by atoms with Crippen molar-refractivity contribution in [2.45, 2.75) is 13.5 Å². The zero-order valence-electron chi connectivity index (χ0n) is 16.3. The molecule has 0 spiro atoms. The number of amides is 1. The Morgan fingerprint density at radius 1 is 1.20 bits per heavy atom. The summed E-state index contributed by atoms with van der Waals surface area (Å²) in [5.74, 6) is 0.603. The SMILES string of the molecule is COc1ccc(Cn2nccc2NC(=O)c2cc(=O)c3cc(Cl)c(C)cc3o2)cc1. The van der Waals surface area contributed by atoms with Crippen molar-refractivity contribution in [1.29, 1.82) is 0 Å². The molecular weight excluding hydrogens is 406 g/mol. The van der Waals surface area contributed by atoms with Gasteiger partial charge in [0, 0.05) is 17.2 Å². The molecule has 0 unspecified atom stereocenters. The van der Waals surface area contributed by atoms with Crippen LogP contribution in [0.1, 0.15) is 21.7 Å². The maximum atomic E-state index is 12.7. The molecule has 0 aliphatic rings. The van der Waals surface area contributed by atoms with Gasteiger partial charge in [-0.1, -0.05) is 23.7 Å². The van der Waals surface area contributed by atoms with E-state index >= 15 is 0 Å². The van der Waals surface area contributed by atoms with Crippen LogP contribution in [0.4, 0.5) is 5.82 Å². The Kier molecular flexibility index (Phi) is 5.29. The fourth-order valence-electron chi connectivity index (χ4n) is 3.04. The summed E-state index contributed by atoms with van der Waals surface area (Å²) in [5, 5.41) is 7.79. The molecule has 4 rings (SSSR count). The number of aromatic nitrogens is 2. The highest BCUT2D eigenvalue weighted by Crippen LogP contribution is 2.22. The molecule has 0 fully saturated rings. The number of hydrogen-bond donors (Lipinski definition) is 1. The van der Waals surface area contributed by atoms with E-state index < -0.39 is 5.91 Å². The number of fused-ring (bicyclic) bond motifs is 1. The largest absolute Gasteiger partial charge is 0.497 e. The van der Waals surface area contributed by atoms with Crippen LogP contribution in [0.25, 0.3) is 11.0 Å². The van der Waals surface area contributed by atoms with Gasteiger partial charge >= 0.3 is 0 Å². The van der Waals surface area contributed by atoms with Gasteiger partial charge in [-0.15, -0.1) is 0 Å². The van der Waals surface area contributed by atoms with Gasteiger partial charge in [0.05, 0.1) is 25.2 Å². The van der Waals surface area contributed by atoms with Crippen LogP contribution in [-0.2, 0) is 6.54 Å². The van der Waals surface area contributed by atoms with Crippen molar-refractivity contribution in [3.8, 4) is 5.75 Å². The summed E-state index contributed by atoms with van der Waals surface area (Å²) in [6.07, 6.45) is 1.58. The fraction of sp³-hybridized carbons (Fsp3) is 0.136. The monoisotopic (exact) mass is 423 g/mol. The lowest BCUT2D eigenvalue weighted by Gasteiger charge is -2.10. The Morgan fingerprint density at radius 2 is 1.97 bits per heavy atom. The number of benzene rings is 2. The summed E-state index contributed by atoms with van der Waals surface area (Å²) >= 11 is 6.08. The van der Waals surface area contributed by atoms with E-state index in [1.807, 2.05) is 24.3 Å². The second kappa shape index (κ2) is 8.04. The molecule has 2 aromatic carbocycles. The molecular formula is C22H18ClN3O4. The van der Waals surface area contributed by atoms with E-state index in [0.717, 1.165) is 22.9 Å². The molecule has 2 aromatic heterocycles. The third kappa shape index (κ3) is 3.92. The number of hydrogen-bond acceptors (Lipinski definition) is 5. The van der Waals surface area contributed by atoms with Crippen molar-refractivity contribution >= 4 is 34.3 Å². The molecule has 2 heterocycles. The van der Waals surface area contributed by atoms with Gasteiger partial charge in [0.25, 0.3) is 5.91 Å². The first-order valence-electron chi connectivity index (χ1n) is 9.14. The summed E-state index contributed by atoms with van der Waals surface area (Å²) in [6.45, 7) is 2.25. The van der Waals surface area contributed by atoms with Gasteiger partial charge in [-0.2, -0.15) is 5.10 Å². The Labute approximate surface area is 176 Å². The summed E-state index contributed by atoms with van der Waals surface area (Å²) in [4.78, 5) is 25.1. The van der Waals surface area contributed by atoms with Crippen LogP contribution in [-0.4, -0.2) is 22.8 Å². The fourth-order valence-corrected chi connectivity index (χ4v) is 3.20. The molecule has 0 atom stereocenters. The average Bonchev–Trinajstić information content (AvgIpc) is 3.16. The zero-order chi connectivity index (χ0) is 21.3. The van der Waals surface area contributed by atoms with Crippen LogP contribution in [0.3, 0.4) is 0 Å². The molecule has 152 valence electrons. The third-order valence-electron chi connectivity index (χ3n) is 4.68. The van der Waals surface area contributed by atoms with E-state index in [-0.39, 0.29) is 11.2 Å². The number of carbonyl (C=O) groups is 1. The van der Waals surface area contributed by atoms with Crippen LogP contribution in [0.2, 0.25) is 5.02 Å². The van der Waals surface area contributed by atoms with Crippen molar-refractivity contribution in [3.63, 3.8) is 0 Å². The summed E-state index contributed by atoms with van der Waals surface area (Å²) in [5.41, 5.74) is 1.71. The molecule has 0 aliphatic heterocycles. The van der Waals surface area contributed by atoms with E-state index in [0.29, 0.717) is 28.4 Å². The predicted octanol–water partition coefficient (Wildman–Crippen LogP) is 4.26. The minimum absolute atomic E-state index is 0.0913. The number of methoxy groups -OCH3 is 1. The first-order valence-corrected chi connectivity index (χ1v) is 9.52. The topological polar surface area (TPSA) is 86.4 Å². The van der Waals surface area contributed by atoms with Crippen molar-refractivity contribution in [2.24, 2.45) is 0 Å². The highest BCUT2D eigenvalue weighted by Gasteiger charge is 2.16. The Bertz CT molecular complexity index is 1290. The number of aryl methyl sites for hydroxylation is 1. The van der Waals surface area contributed by atoms with Gasteiger partial charge in [-0.25, -0.2) is 4.68 Å². The van der Waals surface area contributed by atoms with Gasteiger partial charge in [0.1, 0.15) is 17.2 Å². The normalized spacial score (nSPS) is 10.9. The van der Waals surface area contributed by atoms with Crippen molar-refractivity contribution < 1.29 is 13.9 Å². The van der Waals surface area contributed by atoms with Gasteiger partial charge < -0.3 is 14.5 Å². The standard InChI is InChI=1S/C22H18ClN3O4/c1-13-9-19-16(10-17(13)23)18(27)11-20(30-19)22(28)25-21-7-8-24-26(21)12-14-3-5-15(29-2)6-4-14/h3-11H,12H2,1-2H3,(H,25,28). The molecule has 0 saturated heterocycles. The van der Waals surface area contributed by atoms with E-state index in [1.54, 1.807) is 43.1 Å². The molecule has 0 aliphatic carbocycles. The lowest BCUT2D eigenvalue weighted by atomic mass is 10.1. The van der Waals surface area contributed by atoms with E-state index in [1.165, 1.54) is 0 Å². The van der Waals surface area contributed by atoms with E-state index in [2.05, 4.69) is 10.4 Å². The van der Waals surface area contributed by atoms with Gasteiger partial charge in [0.2, 0.25) is 0 Å². The molecule has 0 saturated carbocycles. The highest BCUT2D eigenvalue weighted by atomic mass is 35.5. The number of halogens is 1. The molecule has 4 aromatic rings.